The number of aliphatic hydroxyl groups is 1. The molecular formula is C7H10N2O4. The van der Waals surface area contributed by atoms with Gasteiger partial charge in [-0.3, -0.25) is 14.6 Å². The van der Waals surface area contributed by atoms with Crippen molar-refractivity contribution in [2.45, 2.75) is 6.42 Å². The Bertz CT molecular complexity index is 376. The molecule has 0 saturated heterocycles. The third kappa shape index (κ3) is 1.62. The molecule has 0 saturated carbocycles. The molecule has 0 unspecified atom stereocenters. The Hall–Kier alpha value is -1.56. The zero-order valence-electron chi connectivity index (χ0n) is 7.07. The lowest BCUT2D eigenvalue weighted by Gasteiger charge is -1.97. The van der Waals surface area contributed by atoms with E-state index in [1.807, 2.05) is 0 Å². The van der Waals surface area contributed by atoms with E-state index >= 15 is 0 Å². The summed E-state index contributed by atoms with van der Waals surface area (Å²) >= 11 is 0. The number of aliphatic hydroxyl groups excluding tert-OH is 1. The third-order valence-corrected chi connectivity index (χ3v) is 1.73. The fraction of sp³-hybridized carbons (Fsp3) is 0.429. The highest BCUT2D eigenvalue weighted by Gasteiger charge is 2.17. The summed E-state index contributed by atoms with van der Waals surface area (Å²) in [6, 6.07) is 0. The minimum atomic E-state index is -1.18. The van der Waals surface area contributed by atoms with E-state index in [-0.39, 0.29) is 24.3 Å². The van der Waals surface area contributed by atoms with Crippen LogP contribution in [0.2, 0.25) is 0 Å². The largest absolute Gasteiger partial charge is 0.477 e. The first-order valence-electron chi connectivity index (χ1n) is 3.70. The first-order chi connectivity index (χ1) is 6.07. The molecule has 72 valence electrons. The molecule has 1 aromatic heterocycles. The van der Waals surface area contributed by atoms with Crippen LogP contribution in [0.3, 0.4) is 0 Å². The van der Waals surface area contributed by atoms with Gasteiger partial charge in [0, 0.05) is 20.1 Å². The van der Waals surface area contributed by atoms with Crippen LogP contribution in [0.5, 0.6) is 0 Å². The molecule has 3 N–H and O–H groups in total. The number of aromatic amines is 1. The number of carbonyl (C=O) groups is 1. The summed E-state index contributed by atoms with van der Waals surface area (Å²) in [5, 5.41) is 19.6. The fourth-order valence-electron chi connectivity index (χ4n) is 1.20. The van der Waals surface area contributed by atoms with Gasteiger partial charge in [0.1, 0.15) is 0 Å². The van der Waals surface area contributed by atoms with Crippen LogP contribution in [-0.4, -0.2) is 32.6 Å². The molecule has 1 heterocycles. The quantitative estimate of drug-likeness (QED) is 0.561. The summed E-state index contributed by atoms with van der Waals surface area (Å²) in [6.07, 6.45) is 0.0534. The number of hydrogen-bond donors (Lipinski definition) is 3. The van der Waals surface area contributed by atoms with E-state index in [1.54, 1.807) is 0 Å². The number of aromatic nitrogens is 2. The Morgan fingerprint density at radius 2 is 2.23 bits per heavy atom. The molecule has 0 aliphatic rings. The monoisotopic (exact) mass is 186 g/mol. The first-order valence-corrected chi connectivity index (χ1v) is 3.70. The Kier molecular flexibility index (Phi) is 2.52. The van der Waals surface area contributed by atoms with Crippen molar-refractivity contribution in [2.24, 2.45) is 7.05 Å². The van der Waals surface area contributed by atoms with Crippen molar-refractivity contribution in [3.05, 3.63) is 21.6 Å². The minimum absolute atomic E-state index is 0.0534. The van der Waals surface area contributed by atoms with Crippen molar-refractivity contribution in [3.63, 3.8) is 0 Å². The van der Waals surface area contributed by atoms with Crippen molar-refractivity contribution < 1.29 is 15.0 Å². The van der Waals surface area contributed by atoms with Crippen molar-refractivity contribution >= 4 is 5.97 Å². The van der Waals surface area contributed by atoms with Crippen LogP contribution < -0.4 is 5.56 Å². The van der Waals surface area contributed by atoms with E-state index in [0.29, 0.717) is 0 Å². The molecule has 0 aliphatic carbocycles. The van der Waals surface area contributed by atoms with E-state index in [1.165, 1.54) is 7.05 Å². The van der Waals surface area contributed by atoms with Gasteiger partial charge in [-0.25, -0.2) is 4.79 Å². The average Bonchev–Trinajstić information content (AvgIpc) is 2.27. The maximum atomic E-state index is 11.1. The second kappa shape index (κ2) is 3.44. The highest BCUT2D eigenvalue weighted by molar-refractivity contribution is 5.87. The van der Waals surface area contributed by atoms with Gasteiger partial charge in [-0.05, 0) is 0 Å². The predicted molar refractivity (Wildman–Crippen MR) is 43.8 cm³/mol. The Labute approximate surface area is 73.4 Å². The van der Waals surface area contributed by atoms with E-state index in [4.69, 9.17) is 10.2 Å². The molecule has 0 atom stereocenters. The second-order valence-corrected chi connectivity index (χ2v) is 2.61. The zero-order valence-corrected chi connectivity index (χ0v) is 7.07. The van der Waals surface area contributed by atoms with Gasteiger partial charge < -0.3 is 10.2 Å². The normalized spacial score (nSPS) is 10.3. The van der Waals surface area contributed by atoms with Crippen LogP contribution in [0, 0.1) is 0 Å². The van der Waals surface area contributed by atoms with Crippen LogP contribution in [0.1, 0.15) is 16.1 Å². The van der Waals surface area contributed by atoms with E-state index in [0.717, 1.165) is 4.68 Å². The molecule has 13 heavy (non-hydrogen) atoms. The SMILES string of the molecule is Cn1[nH]c(=O)c(CCO)c1C(=O)O. The zero-order chi connectivity index (χ0) is 10.0. The molecule has 0 aromatic carbocycles. The van der Waals surface area contributed by atoms with Gasteiger partial charge in [0.2, 0.25) is 0 Å². The molecule has 6 heteroatoms. The van der Waals surface area contributed by atoms with Crippen molar-refractivity contribution in [2.75, 3.05) is 6.61 Å². The fourth-order valence-corrected chi connectivity index (χ4v) is 1.20. The second-order valence-electron chi connectivity index (χ2n) is 2.61. The Morgan fingerprint density at radius 1 is 1.62 bits per heavy atom. The summed E-state index contributed by atoms with van der Waals surface area (Å²) in [4.78, 5) is 21.8. The number of H-pyrrole nitrogens is 1. The van der Waals surface area contributed by atoms with Crippen molar-refractivity contribution in [1.29, 1.82) is 0 Å². The number of nitrogens with zero attached hydrogens (tertiary/aromatic N) is 1. The van der Waals surface area contributed by atoms with Gasteiger partial charge >= 0.3 is 5.97 Å². The van der Waals surface area contributed by atoms with E-state index in [2.05, 4.69) is 5.10 Å². The Morgan fingerprint density at radius 3 is 2.69 bits per heavy atom. The number of rotatable bonds is 3. The van der Waals surface area contributed by atoms with Gasteiger partial charge in [0.25, 0.3) is 5.56 Å². The topological polar surface area (TPSA) is 95.3 Å². The number of aryl methyl sites for hydroxylation is 1. The summed E-state index contributed by atoms with van der Waals surface area (Å²) in [5.41, 5.74) is -0.453. The summed E-state index contributed by atoms with van der Waals surface area (Å²) in [7, 11) is 1.44. The van der Waals surface area contributed by atoms with Crippen LogP contribution in [0.25, 0.3) is 0 Å². The number of carboxylic acids is 1. The smallest absolute Gasteiger partial charge is 0.354 e. The van der Waals surface area contributed by atoms with E-state index in [9.17, 15) is 9.59 Å². The lowest BCUT2D eigenvalue weighted by atomic mass is 10.2. The molecule has 0 radical (unpaired) electrons. The van der Waals surface area contributed by atoms with Crippen LogP contribution in [-0.2, 0) is 13.5 Å². The standard InChI is InChI=1S/C7H10N2O4/c1-9-5(7(12)13)4(2-3-10)6(11)8-9/h10H,2-3H2,1H3,(H,8,11)(H,12,13). The van der Waals surface area contributed by atoms with E-state index < -0.39 is 11.5 Å². The molecule has 0 aliphatic heterocycles. The maximum Gasteiger partial charge on any atom is 0.354 e. The number of carboxylic acid groups (broad SMARTS) is 1. The molecule has 0 fully saturated rings. The van der Waals surface area contributed by atoms with Gasteiger partial charge in [-0.2, -0.15) is 0 Å². The van der Waals surface area contributed by atoms with Gasteiger partial charge in [0.15, 0.2) is 5.69 Å². The van der Waals surface area contributed by atoms with Crippen LogP contribution in [0.15, 0.2) is 4.79 Å². The molecule has 0 amide bonds. The first kappa shape index (κ1) is 9.53. The lowest BCUT2D eigenvalue weighted by Crippen LogP contribution is -2.11. The van der Waals surface area contributed by atoms with Crippen LogP contribution >= 0.6 is 0 Å². The lowest BCUT2D eigenvalue weighted by molar-refractivity contribution is 0.0683. The summed E-state index contributed by atoms with van der Waals surface area (Å²) in [6.45, 7) is -0.243. The highest BCUT2D eigenvalue weighted by atomic mass is 16.4. The van der Waals surface area contributed by atoms with Gasteiger partial charge in [-0.1, -0.05) is 0 Å². The predicted octanol–water partition coefficient (Wildman–Crippen LogP) is -1.05. The van der Waals surface area contributed by atoms with Gasteiger partial charge in [-0.15, -0.1) is 0 Å². The summed E-state index contributed by atoms with van der Waals surface area (Å²) < 4.78 is 1.13. The molecule has 0 spiro atoms. The van der Waals surface area contributed by atoms with Gasteiger partial charge in [0.05, 0.1) is 5.56 Å². The van der Waals surface area contributed by atoms with Crippen molar-refractivity contribution in [1.82, 2.24) is 9.78 Å². The summed E-state index contributed by atoms with van der Waals surface area (Å²) in [5.74, 6) is -1.18. The Balaban J connectivity index is 3.29. The highest BCUT2D eigenvalue weighted by Crippen LogP contribution is 2.02. The third-order valence-electron chi connectivity index (χ3n) is 1.73. The van der Waals surface area contributed by atoms with Crippen molar-refractivity contribution in [3.8, 4) is 0 Å². The number of nitrogens with one attached hydrogen (secondary N) is 1. The molecular weight excluding hydrogens is 176 g/mol. The maximum absolute atomic E-state index is 11.1. The minimum Gasteiger partial charge on any atom is -0.477 e. The number of aromatic carboxylic acids is 1. The average molecular weight is 186 g/mol. The van der Waals surface area contributed by atoms with Crippen LogP contribution in [0.4, 0.5) is 0 Å². The molecule has 1 rings (SSSR count). The molecule has 0 bridgehead atoms. The number of hydrogen-bond acceptors (Lipinski definition) is 3. The molecule has 6 nitrogen and oxygen atoms in total. The molecule has 1 aromatic rings.